The van der Waals surface area contributed by atoms with Crippen molar-refractivity contribution in [3.63, 3.8) is 0 Å². The highest BCUT2D eigenvalue weighted by atomic mass is 35.5. The van der Waals surface area contributed by atoms with Gasteiger partial charge in [-0.05, 0) is 18.2 Å². The van der Waals surface area contributed by atoms with E-state index in [0.29, 0.717) is 17.1 Å². The second-order valence-corrected chi connectivity index (χ2v) is 2.78. The highest BCUT2D eigenvalue weighted by molar-refractivity contribution is 6.30. The zero-order chi connectivity index (χ0) is 8.97. The first-order valence-electron chi connectivity index (χ1n) is 3.72. The molecule has 0 unspecified atom stereocenters. The number of amides is 1. The maximum absolute atomic E-state index is 10.9. The van der Waals surface area contributed by atoms with Crippen LogP contribution in [0, 0.1) is 0 Å². The Bertz CT molecular complexity index is 286. The minimum absolute atomic E-state index is 0.128. The van der Waals surface area contributed by atoms with Gasteiger partial charge >= 0.3 is 0 Å². The first-order chi connectivity index (χ1) is 5.72. The van der Waals surface area contributed by atoms with Crippen LogP contribution >= 0.6 is 11.6 Å². The lowest BCUT2D eigenvalue weighted by molar-refractivity contribution is -0.119. The summed E-state index contributed by atoms with van der Waals surface area (Å²) in [5.41, 5.74) is 0.620. The molecule has 0 heterocycles. The monoisotopic (exact) mass is 182 g/mol. The van der Waals surface area contributed by atoms with Crippen LogP contribution in [-0.2, 0) is 4.79 Å². The molecule has 63 valence electrons. The summed E-state index contributed by atoms with van der Waals surface area (Å²) in [5, 5.41) is 4.41. The molecule has 0 atom stereocenters. The summed E-state index contributed by atoms with van der Waals surface area (Å²) in [6, 6.07) is 6.93. The molecule has 12 heavy (non-hydrogen) atoms. The fourth-order valence-corrected chi connectivity index (χ4v) is 0.953. The van der Waals surface area contributed by atoms with Gasteiger partial charge in [0.15, 0.2) is 0 Å². The molecule has 0 aromatic heterocycles. The van der Waals surface area contributed by atoms with Gasteiger partial charge in [0.05, 0.1) is 5.69 Å². The molecule has 0 bridgehead atoms. The SMILES string of the molecule is CCC(=O)[N]c1cccc(Cl)c1. The number of halogens is 1. The second kappa shape index (κ2) is 4.12. The molecule has 1 radical (unpaired) electrons. The van der Waals surface area contributed by atoms with Gasteiger partial charge in [0.2, 0.25) is 5.91 Å². The van der Waals surface area contributed by atoms with Gasteiger partial charge in [-0.3, -0.25) is 4.79 Å². The first-order valence-corrected chi connectivity index (χ1v) is 4.10. The Morgan fingerprint density at radius 2 is 2.33 bits per heavy atom. The minimum Gasteiger partial charge on any atom is -0.273 e. The third-order valence-electron chi connectivity index (χ3n) is 1.36. The van der Waals surface area contributed by atoms with E-state index >= 15 is 0 Å². The Kier molecular flexibility index (Phi) is 3.11. The highest BCUT2D eigenvalue weighted by Gasteiger charge is 2.00. The zero-order valence-electron chi connectivity index (χ0n) is 6.75. The maximum atomic E-state index is 10.9. The van der Waals surface area contributed by atoms with Gasteiger partial charge in [-0.25, -0.2) is 5.32 Å². The number of nitrogens with zero attached hydrogens (tertiary/aromatic N) is 1. The topological polar surface area (TPSA) is 31.2 Å². The largest absolute Gasteiger partial charge is 0.273 e. The number of hydrogen-bond acceptors (Lipinski definition) is 1. The van der Waals surface area contributed by atoms with Crippen LogP contribution < -0.4 is 5.32 Å². The molecular formula is C9H9ClNO. The predicted octanol–water partition coefficient (Wildman–Crippen LogP) is 2.51. The van der Waals surface area contributed by atoms with Crippen molar-refractivity contribution >= 4 is 23.2 Å². The summed E-state index contributed by atoms with van der Waals surface area (Å²) in [4.78, 5) is 10.9. The van der Waals surface area contributed by atoms with E-state index in [1.807, 2.05) is 0 Å². The van der Waals surface area contributed by atoms with E-state index in [1.165, 1.54) is 0 Å². The van der Waals surface area contributed by atoms with Crippen LogP contribution in [-0.4, -0.2) is 5.91 Å². The molecule has 1 aromatic rings. The second-order valence-electron chi connectivity index (χ2n) is 2.34. The van der Waals surface area contributed by atoms with E-state index in [2.05, 4.69) is 5.32 Å². The van der Waals surface area contributed by atoms with Crippen molar-refractivity contribution in [2.75, 3.05) is 0 Å². The van der Waals surface area contributed by atoms with Crippen LogP contribution in [0.2, 0.25) is 5.02 Å². The zero-order valence-corrected chi connectivity index (χ0v) is 7.51. The van der Waals surface area contributed by atoms with Crippen molar-refractivity contribution in [2.45, 2.75) is 13.3 Å². The molecule has 0 saturated heterocycles. The van der Waals surface area contributed by atoms with Crippen molar-refractivity contribution in [1.29, 1.82) is 0 Å². The summed E-state index contributed by atoms with van der Waals surface area (Å²) in [6.45, 7) is 1.77. The first kappa shape index (κ1) is 9.07. The average molecular weight is 183 g/mol. The molecule has 1 rings (SSSR count). The number of carbonyl (C=O) groups is 1. The molecule has 0 saturated carbocycles. The molecule has 1 amide bonds. The number of carbonyl (C=O) groups excluding carboxylic acids is 1. The van der Waals surface area contributed by atoms with Gasteiger partial charge in [0, 0.05) is 11.4 Å². The molecular weight excluding hydrogens is 174 g/mol. The van der Waals surface area contributed by atoms with Crippen LogP contribution in [0.15, 0.2) is 24.3 Å². The molecule has 0 N–H and O–H groups in total. The van der Waals surface area contributed by atoms with Crippen molar-refractivity contribution in [3.05, 3.63) is 29.3 Å². The molecule has 3 heteroatoms. The van der Waals surface area contributed by atoms with Gasteiger partial charge in [0.25, 0.3) is 0 Å². The van der Waals surface area contributed by atoms with Gasteiger partial charge in [0.1, 0.15) is 0 Å². The molecule has 1 aromatic carbocycles. The normalized spacial score (nSPS) is 9.50. The summed E-state index contributed by atoms with van der Waals surface area (Å²) < 4.78 is 0. The van der Waals surface area contributed by atoms with Crippen LogP contribution in [0.25, 0.3) is 0 Å². The van der Waals surface area contributed by atoms with Gasteiger partial charge < -0.3 is 0 Å². The highest BCUT2D eigenvalue weighted by Crippen LogP contribution is 2.14. The summed E-state index contributed by atoms with van der Waals surface area (Å²) in [5.74, 6) is -0.128. The van der Waals surface area contributed by atoms with Crippen molar-refractivity contribution in [3.8, 4) is 0 Å². The molecule has 0 aliphatic carbocycles. The summed E-state index contributed by atoms with van der Waals surface area (Å²) >= 11 is 5.70. The van der Waals surface area contributed by atoms with Crippen molar-refractivity contribution < 1.29 is 4.79 Å². The molecule has 0 fully saturated rings. The lowest BCUT2D eigenvalue weighted by atomic mass is 10.3. The number of benzene rings is 1. The van der Waals surface area contributed by atoms with Gasteiger partial charge in [-0.2, -0.15) is 0 Å². The van der Waals surface area contributed by atoms with E-state index in [0.717, 1.165) is 0 Å². The fraction of sp³-hybridized carbons (Fsp3) is 0.222. The Balaban J connectivity index is 2.69. The Morgan fingerprint density at radius 3 is 2.92 bits per heavy atom. The van der Waals surface area contributed by atoms with E-state index < -0.39 is 0 Å². The molecule has 0 aliphatic heterocycles. The van der Waals surface area contributed by atoms with Gasteiger partial charge in [-0.1, -0.05) is 24.6 Å². The summed E-state index contributed by atoms with van der Waals surface area (Å²) in [7, 11) is 0. The number of rotatable bonds is 2. The lowest BCUT2D eigenvalue weighted by Crippen LogP contribution is -2.07. The van der Waals surface area contributed by atoms with Gasteiger partial charge in [-0.15, -0.1) is 0 Å². The third kappa shape index (κ3) is 2.55. The summed E-state index contributed by atoms with van der Waals surface area (Å²) in [6.07, 6.45) is 0.423. The fourth-order valence-electron chi connectivity index (χ4n) is 0.769. The molecule has 0 spiro atoms. The molecule has 2 nitrogen and oxygen atoms in total. The Labute approximate surface area is 76.5 Å². The Hall–Kier alpha value is -1.02. The lowest BCUT2D eigenvalue weighted by Gasteiger charge is -1.98. The van der Waals surface area contributed by atoms with Crippen LogP contribution in [0.3, 0.4) is 0 Å². The third-order valence-corrected chi connectivity index (χ3v) is 1.60. The van der Waals surface area contributed by atoms with E-state index in [9.17, 15) is 4.79 Å². The van der Waals surface area contributed by atoms with Crippen LogP contribution in [0.4, 0.5) is 5.69 Å². The maximum Gasteiger partial charge on any atom is 0.245 e. The van der Waals surface area contributed by atoms with Crippen molar-refractivity contribution in [1.82, 2.24) is 5.32 Å². The van der Waals surface area contributed by atoms with E-state index in [4.69, 9.17) is 11.6 Å². The van der Waals surface area contributed by atoms with Crippen LogP contribution in [0.5, 0.6) is 0 Å². The van der Waals surface area contributed by atoms with E-state index in [-0.39, 0.29) is 5.91 Å². The smallest absolute Gasteiger partial charge is 0.245 e. The minimum atomic E-state index is -0.128. The predicted molar refractivity (Wildman–Crippen MR) is 48.5 cm³/mol. The van der Waals surface area contributed by atoms with E-state index in [1.54, 1.807) is 31.2 Å². The molecule has 0 aliphatic rings. The van der Waals surface area contributed by atoms with Crippen LogP contribution in [0.1, 0.15) is 13.3 Å². The Morgan fingerprint density at radius 1 is 1.58 bits per heavy atom. The number of hydrogen-bond donors (Lipinski definition) is 0. The quantitative estimate of drug-likeness (QED) is 0.692. The average Bonchev–Trinajstić information content (AvgIpc) is 2.04. The standard InChI is InChI=1S/C9H9ClNO/c1-2-9(12)11-8-5-3-4-7(10)6-8/h3-6H,2H2,1H3. The van der Waals surface area contributed by atoms with Crippen molar-refractivity contribution in [2.24, 2.45) is 0 Å².